The number of carbonyl (C=O) groups is 1. The van der Waals surface area contributed by atoms with Crippen LogP contribution in [0.25, 0.3) is 0 Å². The molecule has 0 aliphatic carbocycles. The van der Waals surface area contributed by atoms with Crippen LogP contribution in [0.5, 0.6) is 5.75 Å². The molecule has 0 aromatic heterocycles. The Morgan fingerprint density at radius 3 is 2.83 bits per heavy atom. The maximum absolute atomic E-state index is 13.7. The van der Waals surface area contributed by atoms with Gasteiger partial charge >= 0.3 is 0 Å². The Balaban J connectivity index is 2.05. The summed E-state index contributed by atoms with van der Waals surface area (Å²) in [6, 6.07) is 10.9. The second-order valence-corrected chi connectivity index (χ2v) is 5.79. The highest BCUT2D eigenvalue weighted by atomic mass is 127. The fourth-order valence-corrected chi connectivity index (χ4v) is 2.56. The summed E-state index contributed by atoms with van der Waals surface area (Å²) in [4.78, 5) is 11.9. The second-order valence-electron chi connectivity index (χ2n) is 4.63. The van der Waals surface area contributed by atoms with Crippen LogP contribution in [0, 0.1) is 20.7 Å². The molecule has 2 aromatic carbocycles. The van der Waals surface area contributed by atoms with Crippen molar-refractivity contribution < 1.29 is 13.9 Å². The van der Waals surface area contributed by atoms with Gasteiger partial charge < -0.3 is 4.74 Å². The van der Waals surface area contributed by atoms with E-state index < -0.39 is 11.7 Å². The molecule has 0 aliphatic rings. The number of ether oxygens (including phenoxy) is 1. The van der Waals surface area contributed by atoms with Crippen molar-refractivity contribution in [3.63, 3.8) is 0 Å². The van der Waals surface area contributed by atoms with Gasteiger partial charge in [-0.05, 0) is 71.5 Å². The number of hydrogen-bond donors (Lipinski definition) is 1. The van der Waals surface area contributed by atoms with Crippen molar-refractivity contribution in [3.05, 3.63) is 62.5 Å². The summed E-state index contributed by atoms with van der Waals surface area (Å²) < 4.78 is 20.1. The van der Waals surface area contributed by atoms with E-state index in [0.29, 0.717) is 6.61 Å². The van der Waals surface area contributed by atoms with Gasteiger partial charge in [-0.1, -0.05) is 0 Å². The molecular formula is C17H13FIN3O2. The van der Waals surface area contributed by atoms with Gasteiger partial charge in [-0.25, -0.2) is 9.82 Å². The third-order valence-corrected chi connectivity index (χ3v) is 3.82. The number of nitrogens with zero attached hydrogens (tertiary/aromatic N) is 2. The molecule has 2 rings (SSSR count). The molecule has 0 atom stereocenters. The van der Waals surface area contributed by atoms with E-state index in [0.717, 1.165) is 20.9 Å². The maximum Gasteiger partial charge on any atom is 0.274 e. The molecular weight excluding hydrogens is 424 g/mol. The highest BCUT2D eigenvalue weighted by Gasteiger charge is 2.11. The van der Waals surface area contributed by atoms with Crippen molar-refractivity contribution in [3.8, 4) is 11.8 Å². The highest BCUT2D eigenvalue weighted by molar-refractivity contribution is 14.1. The number of rotatable bonds is 5. The van der Waals surface area contributed by atoms with Crippen LogP contribution < -0.4 is 10.2 Å². The van der Waals surface area contributed by atoms with E-state index in [9.17, 15) is 9.18 Å². The van der Waals surface area contributed by atoms with Gasteiger partial charge in [0.15, 0.2) is 0 Å². The summed E-state index contributed by atoms with van der Waals surface area (Å²) in [6.45, 7) is 2.49. The van der Waals surface area contributed by atoms with Crippen LogP contribution in [-0.4, -0.2) is 18.7 Å². The largest absolute Gasteiger partial charge is 0.493 e. The smallest absolute Gasteiger partial charge is 0.274 e. The number of hydrazone groups is 1. The van der Waals surface area contributed by atoms with Crippen LogP contribution in [0.2, 0.25) is 0 Å². The Bertz CT molecular complexity index is 831. The first-order valence-electron chi connectivity index (χ1n) is 7.00. The molecule has 122 valence electrons. The number of hydrogen-bond acceptors (Lipinski definition) is 4. The van der Waals surface area contributed by atoms with Crippen LogP contribution in [0.1, 0.15) is 28.4 Å². The first-order valence-corrected chi connectivity index (χ1v) is 8.08. The van der Waals surface area contributed by atoms with Gasteiger partial charge in [0.25, 0.3) is 5.91 Å². The number of nitriles is 1. The summed E-state index contributed by atoms with van der Waals surface area (Å²) in [5.41, 5.74) is 3.00. The van der Waals surface area contributed by atoms with Crippen molar-refractivity contribution in [2.24, 2.45) is 5.10 Å². The van der Waals surface area contributed by atoms with Crippen LogP contribution in [0.3, 0.4) is 0 Å². The highest BCUT2D eigenvalue weighted by Crippen LogP contribution is 2.21. The minimum atomic E-state index is -0.766. The third-order valence-electron chi connectivity index (χ3n) is 2.98. The van der Waals surface area contributed by atoms with E-state index in [4.69, 9.17) is 10.00 Å². The van der Waals surface area contributed by atoms with Gasteiger partial charge in [-0.15, -0.1) is 0 Å². The number of halogens is 2. The topological polar surface area (TPSA) is 74.5 Å². The van der Waals surface area contributed by atoms with Gasteiger partial charge in [-0.2, -0.15) is 10.4 Å². The minimum Gasteiger partial charge on any atom is -0.493 e. The van der Waals surface area contributed by atoms with Crippen LogP contribution in [0.15, 0.2) is 41.5 Å². The monoisotopic (exact) mass is 437 g/mol. The molecule has 0 saturated heterocycles. The van der Waals surface area contributed by atoms with Gasteiger partial charge in [0.05, 0.1) is 33.6 Å². The molecule has 0 saturated carbocycles. The van der Waals surface area contributed by atoms with Crippen LogP contribution in [0.4, 0.5) is 4.39 Å². The quantitative estimate of drug-likeness (QED) is 0.443. The second kappa shape index (κ2) is 8.40. The molecule has 0 fully saturated rings. The predicted octanol–water partition coefficient (Wildman–Crippen LogP) is 3.46. The predicted molar refractivity (Wildman–Crippen MR) is 96.5 cm³/mol. The maximum atomic E-state index is 13.7. The molecule has 0 bridgehead atoms. The molecule has 0 aliphatic heterocycles. The van der Waals surface area contributed by atoms with Crippen molar-refractivity contribution in [1.82, 2.24) is 5.43 Å². The third kappa shape index (κ3) is 4.52. The van der Waals surface area contributed by atoms with E-state index in [-0.39, 0.29) is 11.1 Å². The number of carbonyl (C=O) groups excluding carboxylic acids is 1. The zero-order chi connectivity index (χ0) is 17.5. The lowest BCUT2D eigenvalue weighted by molar-refractivity contribution is 0.0951. The van der Waals surface area contributed by atoms with E-state index in [2.05, 4.69) is 33.1 Å². The Morgan fingerprint density at radius 1 is 1.42 bits per heavy atom. The molecule has 0 unspecified atom stereocenters. The standard InChI is InChI=1S/C17H13FIN3O2/c1-2-24-16-6-4-12(8-15(16)19)10-21-22-17(23)13-5-3-11(9-20)7-14(13)18/h3-8,10H,2H2,1H3,(H,22,23)/b21-10-. The summed E-state index contributed by atoms with van der Waals surface area (Å²) in [6.07, 6.45) is 1.46. The minimum absolute atomic E-state index is 0.150. The van der Waals surface area contributed by atoms with Gasteiger partial charge in [0, 0.05) is 0 Å². The number of amides is 1. The molecule has 1 N–H and O–H groups in total. The number of nitrogens with one attached hydrogen (secondary N) is 1. The molecule has 0 heterocycles. The fourth-order valence-electron chi connectivity index (χ4n) is 1.86. The van der Waals surface area contributed by atoms with Gasteiger partial charge in [-0.3, -0.25) is 4.79 Å². The zero-order valence-electron chi connectivity index (χ0n) is 12.7. The van der Waals surface area contributed by atoms with Crippen molar-refractivity contribution >= 4 is 34.7 Å². The fraction of sp³-hybridized carbons (Fsp3) is 0.118. The lowest BCUT2D eigenvalue weighted by Crippen LogP contribution is -2.19. The zero-order valence-corrected chi connectivity index (χ0v) is 14.9. The molecule has 1 amide bonds. The average Bonchev–Trinajstić information content (AvgIpc) is 2.57. The van der Waals surface area contributed by atoms with Crippen LogP contribution in [-0.2, 0) is 0 Å². The Morgan fingerprint density at radius 2 is 2.21 bits per heavy atom. The van der Waals surface area contributed by atoms with Crippen molar-refractivity contribution in [2.75, 3.05) is 6.61 Å². The van der Waals surface area contributed by atoms with E-state index in [1.165, 1.54) is 18.3 Å². The number of benzene rings is 2. The Hall–Kier alpha value is -2.47. The Kier molecular flexibility index (Phi) is 6.26. The average molecular weight is 437 g/mol. The first kappa shape index (κ1) is 17.9. The van der Waals surface area contributed by atoms with E-state index in [1.54, 1.807) is 12.1 Å². The molecule has 24 heavy (non-hydrogen) atoms. The molecule has 2 aromatic rings. The summed E-state index contributed by atoms with van der Waals surface area (Å²) in [5, 5.41) is 12.5. The molecule has 0 spiro atoms. The molecule has 7 heteroatoms. The summed E-state index contributed by atoms with van der Waals surface area (Å²) in [5.74, 6) is -0.676. The van der Waals surface area contributed by atoms with E-state index in [1.807, 2.05) is 19.1 Å². The SMILES string of the molecule is CCOc1ccc(/C=N\NC(=O)c2ccc(C#N)cc2F)cc1I. The lowest BCUT2D eigenvalue weighted by atomic mass is 10.1. The van der Waals surface area contributed by atoms with Gasteiger partial charge in [0.2, 0.25) is 0 Å². The molecule has 0 radical (unpaired) electrons. The first-order chi connectivity index (χ1) is 11.5. The lowest BCUT2D eigenvalue weighted by Gasteiger charge is -2.06. The summed E-state index contributed by atoms with van der Waals surface area (Å²) in [7, 11) is 0. The Labute approximate surface area is 152 Å². The molecule has 5 nitrogen and oxygen atoms in total. The van der Waals surface area contributed by atoms with Crippen LogP contribution >= 0.6 is 22.6 Å². The normalized spacial score (nSPS) is 10.4. The van der Waals surface area contributed by atoms with E-state index >= 15 is 0 Å². The van der Waals surface area contributed by atoms with Gasteiger partial charge in [0.1, 0.15) is 11.6 Å². The van der Waals surface area contributed by atoms with Crippen molar-refractivity contribution in [2.45, 2.75) is 6.92 Å². The summed E-state index contributed by atoms with van der Waals surface area (Å²) >= 11 is 2.14. The van der Waals surface area contributed by atoms with Crippen molar-refractivity contribution in [1.29, 1.82) is 5.26 Å².